The zero-order chi connectivity index (χ0) is 27.2. The standard InChI is InChI=1S/C28H28ClN7O2/c1-17-4-3-5-25(23-12-19(9-11-33-23)27(32-2)24(15-31)35-28(17)38)36-16-34-22(14-26(36)37)21-13-20(29)7-6-18(21)8-10-30/h6-7,9,11-17,25,31-32H,3-5,8H2,1-2H3,(H,35,38)/b27-24+,31-15?. The highest BCUT2D eigenvalue weighted by Crippen LogP contribution is 2.28. The Hall–Kier alpha value is -4.29. The van der Waals surface area contributed by atoms with E-state index in [4.69, 9.17) is 17.0 Å². The molecule has 2 aromatic heterocycles. The topological polar surface area (TPSA) is 137 Å². The smallest absolute Gasteiger partial charge is 0.254 e. The molecule has 194 valence electrons. The van der Waals surface area contributed by atoms with Gasteiger partial charge in [-0.25, -0.2) is 4.98 Å². The normalized spacial score (nSPS) is 19.9. The molecule has 10 heteroatoms. The number of aromatic nitrogens is 3. The van der Waals surface area contributed by atoms with E-state index in [2.05, 4.69) is 26.7 Å². The number of carbonyl (C=O) groups is 1. The summed E-state index contributed by atoms with van der Waals surface area (Å²) in [4.78, 5) is 35.4. The molecule has 0 fully saturated rings. The van der Waals surface area contributed by atoms with Gasteiger partial charge in [0, 0.05) is 47.6 Å². The van der Waals surface area contributed by atoms with Gasteiger partial charge in [-0.2, -0.15) is 5.26 Å². The largest absolute Gasteiger partial charge is 0.386 e. The van der Waals surface area contributed by atoms with Crippen LogP contribution in [-0.2, 0) is 11.2 Å². The molecular formula is C28H28ClN7O2. The van der Waals surface area contributed by atoms with Crippen molar-refractivity contribution in [2.75, 3.05) is 7.05 Å². The first-order valence-electron chi connectivity index (χ1n) is 12.3. The van der Waals surface area contributed by atoms with Gasteiger partial charge in [0.15, 0.2) is 0 Å². The molecule has 2 atom stereocenters. The van der Waals surface area contributed by atoms with E-state index in [-0.39, 0.29) is 23.8 Å². The highest BCUT2D eigenvalue weighted by atomic mass is 35.5. The molecule has 2 unspecified atom stereocenters. The van der Waals surface area contributed by atoms with E-state index < -0.39 is 6.04 Å². The minimum Gasteiger partial charge on any atom is -0.386 e. The van der Waals surface area contributed by atoms with Crippen LogP contribution in [-0.4, -0.2) is 33.7 Å². The summed E-state index contributed by atoms with van der Waals surface area (Å²) in [5.74, 6) is -0.450. The van der Waals surface area contributed by atoms with Gasteiger partial charge in [0.1, 0.15) is 0 Å². The van der Waals surface area contributed by atoms with Crippen LogP contribution < -0.4 is 16.2 Å². The van der Waals surface area contributed by atoms with Gasteiger partial charge < -0.3 is 16.0 Å². The molecule has 3 aromatic rings. The maximum atomic E-state index is 13.5. The number of pyridine rings is 1. The molecule has 0 aliphatic carbocycles. The maximum absolute atomic E-state index is 13.5. The lowest BCUT2D eigenvalue weighted by Crippen LogP contribution is -2.32. The first-order chi connectivity index (χ1) is 18.4. The third-order valence-corrected chi connectivity index (χ3v) is 6.92. The molecular weight excluding hydrogens is 502 g/mol. The molecule has 1 aliphatic rings. The molecule has 3 heterocycles. The molecule has 0 saturated heterocycles. The van der Waals surface area contributed by atoms with Gasteiger partial charge in [0.2, 0.25) is 5.91 Å². The van der Waals surface area contributed by atoms with Crippen LogP contribution in [0, 0.1) is 22.7 Å². The molecule has 1 aliphatic heterocycles. The number of allylic oxidation sites excluding steroid dienone is 1. The van der Waals surface area contributed by atoms with Crippen LogP contribution in [0.5, 0.6) is 0 Å². The lowest BCUT2D eigenvalue weighted by molar-refractivity contribution is -0.123. The second-order valence-corrected chi connectivity index (χ2v) is 9.58. The van der Waals surface area contributed by atoms with Gasteiger partial charge >= 0.3 is 0 Å². The van der Waals surface area contributed by atoms with Crippen molar-refractivity contribution in [1.82, 2.24) is 25.2 Å². The van der Waals surface area contributed by atoms with E-state index in [0.29, 0.717) is 52.6 Å². The molecule has 1 aromatic carbocycles. The fourth-order valence-electron chi connectivity index (χ4n) is 4.64. The predicted molar refractivity (Wildman–Crippen MR) is 147 cm³/mol. The number of hydrogen-bond acceptors (Lipinski definition) is 7. The first-order valence-corrected chi connectivity index (χ1v) is 12.7. The van der Waals surface area contributed by atoms with Crippen LogP contribution in [0.4, 0.5) is 0 Å². The Kier molecular flexibility index (Phi) is 8.34. The number of nitrogens with one attached hydrogen (secondary N) is 3. The summed E-state index contributed by atoms with van der Waals surface area (Å²) in [6.07, 6.45) is 6.28. The summed E-state index contributed by atoms with van der Waals surface area (Å²) >= 11 is 6.20. The number of halogens is 1. The van der Waals surface area contributed by atoms with Crippen LogP contribution in [0.15, 0.2) is 59.4 Å². The zero-order valence-corrected chi connectivity index (χ0v) is 21.9. The molecule has 0 saturated carbocycles. The van der Waals surface area contributed by atoms with Crippen molar-refractivity contribution in [2.24, 2.45) is 5.92 Å². The van der Waals surface area contributed by atoms with E-state index in [1.807, 2.05) is 13.0 Å². The third-order valence-electron chi connectivity index (χ3n) is 6.68. The number of carbonyl (C=O) groups excluding carboxylic acids is 1. The lowest BCUT2D eigenvalue weighted by atomic mass is 9.96. The SMILES string of the molecule is CN/C1=C(\C=N)NC(=O)C(C)CCCC(n2cnc(-c3cc(Cl)ccc3CC#N)cc2=O)c2cc1ccn2. The Balaban J connectivity index is 1.82. The monoisotopic (exact) mass is 529 g/mol. The first kappa shape index (κ1) is 26.8. The van der Waals surface area contributed by atoms with Crippen molar-refractivity contribution in [3.05, 3.63) is 86.8 Å². The Morgan fingerprint density at radius 1 is 1.24 bits per heavy atom. The van der Waals surface area contributed by atoms with Gasteiger partial charge in [-0.1, -0.05) is 31.0 Å². The van der Waals surface area contributed by atoms with Gasteiger partial charge in [0.05, 0.1) is 47.6 Å². The summed E-state index contributed by atoms with van der Waals surface area (Å²) in [7, 11) is 1.72. The van der Waals surface area contributed by atoms with Crippen LogP contribution in [0.25, 0.3) is 17.0 Å². The summed E-state index contributed by atoms with van der Waals surface area (Å²) < 4.78 is 1.56. The maximum Gasteiger partial charge on any atom is 0.254 e. The molecule has 0 radical (unpaired) electrons. The van der Waals surface area contributed by atoms with Crippen molar-refractivity contribution in [1.29, 1.82) is 10.7 Å². The number of hydrogen-bond donors (Lipinski definition) is 3. The van der Waals surface area contributed by atoms with Gasteiger partial charge in [-0.15, -0.1) is 0 Å². The van der Waals surface area contributed by atoms with E-state index in [0.717, 1.165) is 17.3 Å². The number of nitrogens with zero attached hydrogens (tertiary/aromatic N) is 4. The van der Waals surface area contributed by atoms with Crippen LogP contribution in [0.2, 0.25) is 5.02 Å². The Morgan fingerprint density at radius 3 is 2.76 bits per heavy atom. The molecule has 38 heavy (non-hydrogen) atoms. The molecule has 1 amide bonds. The van der Waals surface area contributed by atoms with Crippen molar-refractivity contribution < 1.29 is 4.79 Å². The van der Waals surface area contributed by atoms with Crippen molar-refractivity contribution >= 4 is 29.4 Å². The number of nitriles is 1. The third kappa shape index (κ3) is 5.66. The van der Waals surface area contributed by atoms with Crippen molar-refractivity contribution in [3.8, 4) is 17.3 Å². The Labute approximate surface area is 225 Å². The summed E-state index contributed by atoms with van der Waals surface area (Å²) in [5.41, 5.74) is 3.89. The second kappa shape index (κ2) is 11.8. The number of amides is 1. The molecule has 3 N–H and O–H groups in total. The summed E-state index contributed by atoms with van der Waals surface area (Å²) in [5, 5.41) is 23.5. The zero-order valence-electron chi connectivity index (χ0n) is 21.2. The van der Waals surface area contributed by atoms with Crippen molar-refractivity contribution in [3.63, 3.8) is 0 Å². The predicted octanol–water partition coefficient (Wildman–Crippen LogP) is 4.09. The highest BCUT2D eigenvalue weighted by molar-refractivity contribution is 6.30. The van der Waals surface area contributed by atoms with Gasteiger partial charge in [0.25, 0.3) is 5.56 Å². The average Bonchev–Trinajstić information content (AvgIpc) is 2.91. The van der Waals surface area contributed by atoms with E-state index in [9.17, 15) is 14.9 Å². The minimum absolute atomic E-state index is 0.166. The second-order valence-electron chi connectivity index (χ2n) is 9.15. The van der Waals surface area contributed by atoms with E-state index in [1.54, 1.807) is 42.1 Å². The van der Waals surface area contributed by atoms with Crippen LogP contribution in [0.3, 0.4) is 0 Å². The average molecular weight is 530 g/mol. The fraction of sp³-hybridized carbons (Fsp3) is 0.286. The summed E-state index contributed by atoms with van der Waals surface area (Å²) in [6.45, 7) is 1.85. The van der Waals surface area contributed by atoms with Gasteiger partial charge in [-0.3, -0.25) is 19.1 Å². The molecule has 0 spiro atoms. The van der Waals surface area contributed by atoms with Crippen LogP contribution in [0.1, 0.15) is 49.0 Å². The molecule has 4 rings (SSSR count). The van der Waals surface area contributed by atoms with E-state index in [1.165, 1.54) is 12.4 Å². The molecule has 9 nitrogen and oxygen atoms in total. The fourth-order valence-corrected chi connectivity index (χ4v) is 4.82. The Morgan fingerprint density at radius 2 is 2.05 bits per heavy atom. The number of rotatable bonds is 5. The van der Waals surface area contributed by atoms with Gasteiger partial charge in [-0.05, 0) is 42.7 Å². The van der Waals surface area contributed by atoms with Crippen molar-refractivity contribution in [2.45, 2.75) is 38.6 Å². The Bertz CT molecular complexity index is 1510. The minimum atomic E-state index is -0.418. The summed E-state index contributed by atoms with van der Waals surface area (Å²) in [6, 6.07) is 12.0. The number of benzene rings is 1. The highest BCUT2D eigenvalue weighted by Gasteiger charge is 2.23. The lowest BCUT2D eigenvalue weighted by Gasteiger charge is -2.23. The van der Waals surface area contributed by atoms with E-state index >= 15 is 0 Å². The number of fused-ring (bicyclic) bond motifs is 2. The quantitative estimate of drug-likeness (QED) is 0.426. The molecule has 2 bridgehead atoms. The van der Waals surface area contributed by atoms with Crippen LogP contribution >= 0.6 is 11.6 Å².